The first-order chi connectivity index (χ1) is 7.63. The van der Waals surface area contributed by atoms with Crippen LogP contribution >= 0.6 is 0 Å². The van der Waals surface area contributed by atoms with Gasteiger partial charge in [-0.2, -0.15) is 0 Å². The largest absolute Gasteiger partial charge is 0.479 e. The molecular formula is C10H18O7. The maximum absolute atomic E-state index is 10.8. The van der Waals surface area contributed by atoms with Crippen LogP contribution < -0.4 is 0 Å². The third-order valence-electron chi connectivity index (χ3n) is 2.28. The number of hydrogen-bond donors (Lipinski definition) is 4. The summed E-state index contributed by atoms with van der Waals surface area (Å²) in [6.45, 7) is 5.07. The molecule has 5 atom stereocenters. The van der Waals surface area contributed by atoms with E-state index in [0.29, 0.717) is 0 Å². The Balaban J connectivity index is 2.82. The molecule has 0 aromatic carbocycles. The molecule has 0 radical (unpaired) electrons. The van der Waals surface area contributed by atoms with Gasteiger partial charge in [0.05, 0.1) is 5.60 Å². The summed E-state index contributed by atoms with van der Waals surface area (Å²) in [5, 5.41) is 37.3. The molecule has 1 fully saturated rings. The smallest absolute Gasteiger partial charge is 0.335 e. The topological polar surface area (TPSA) is 116 Å². The third kappa shape index (κ3) is 3.36. The van der Waals surface area contributed by atoms with Crippen LogP contribution in [0, 0.1) is 0 Å². The third-order valence-corrected chi connectivity index (χ3v) is 2.28. The molecule has 1 aliphatic rings. The van der Waals surface area contributed by atoms with Gasteiger partial charge in [0.15, 0.2) is 12.4 Å². The fourth-order valence-corrected chi connectivity index (χ4v) is 1.50. The highest BCUT2D eigenvalue weighted by molar-refractivity contribution is 5.73. The minimum atomic E-state index is -1.69. The van der Waals surface area contributed by atoms with Crippen LogP contribution in [0.2, 0.25) is 0 Å². The highest BCUT2D eigenvalue weighted by Gasteiger charge is 2.48. The van der Waals surface area contributed by atoms with E-state index in [-0.39, 0.29) is 0 Å². The number of rotatable bonds is 2. The molecule has 0 aliphatic carbocycles. The van der Waals surface area contributed by atoms with E-state index >= 15 is 0 Å². The van der Waals surface area contributed by atoms with Gasteiger partial charge in [-0.05, 0) is 20.8 Å². The first-order valence-corrected chi connectivity index (χ1v) is 5.24. The summed E-state index contributed by atoms with van der Waals surface area (Å²) in [5.41, 5.74) is -0.684. The molecule has 0 spiro atoms. The van der Waals surface area contributed by atoms with E-state index in [4.69, 9.17) is 14.6 Å². The molecule has 1 saturated heterocycles. The number of carboxylic acid groups (broad SMARTS) is 1. The van der Waals surface area contributed by atoms with Crippen molar-refractivity contribution in [3.05, 3.63) is 0 Å². The Hall–Kier alpha value is -0.730. The van der Waals surface area contributed by atoms with Crippen LogP contribution in [0.25, 0.3) is 0 Å². The van der Waals surface area contributed by atoms with Gasteiger partial charge in [-0.1, -0.05) is 0 Å². The van der Waals surface area contributed by atoms with Crippen molar-refractivity contribution in [3.63, 3.8) is 0 Å². The van der Waals surface area contributed by atoms with Gasteiger partial charge in [0, 0.05) is 0 Å². The van der Waals surface area contributed by atoms with E-state index in [2.05, 4.69) is 0 Å². The van der Waals surface area contributed by atoms with Gasteiger partial charge in [-0.3, -0.25) is 0 Å². The first-order valence-electron chi connectivity index (χ1n) is 5.24. The van der Waals surface area contributed by atoms with Crippen molar-refractivity contribution < 1.29 is 34.7 Å². The van der Waals surface area contributed by atoms with Crippen molar-refractivity contribution in [2.75, 3.05) is 0 Å². The zero-order valence-corrected chi connectivity index (χ0v) is 9.90. The van der Waals surface area contributed by atoms with Gasteiger partial charge in [-0.25, -0.2) is 4.79 Å². The van der Waals surface area contributed by atoms with E-state index < -0.39 is 42.3 Å². The number of aliphatic hydroxyl groups excluding tert-OH is 3. The molecule has 7 heteroatoms. The summed E-state index contributed by atoms with van der Waals surface area (Å²) in [6.07, 6.45) is -7.74. The molecule has 17 heavy (non-hydrogen) atoms. The Morgan fingerprint density at radius 2 is 1.65 bits per heavy atom. The second-order valence-electron chi connectivity index (χ2n) is 4.97. The maximum Gasteiger partial charge on any atom is 0.335 e. The lowest BCUT2D eigenvalue weighted by molar-refractivity contribution is -0.314. The summed E-state index contributed by atoms with van der Waals surface area (Å²) >= 11 is 0. The molecule has 4 N–H and O–H groups in total. The van der Waals surface area contributed by atoms with Crippen molar-refractivity contribution >= 4 is 5.97 Å². The fourth-order valence-electron chi connectivity index (χ4n) is 1.50. The molecule has 0 saturated carbocycles. The zero-order chi connectivity index (χ0) is 13.4. The number of aliphatic hydroxyl groups is 3. The Bertz CT molecular complexity index is 285. The van der Waals surface area contributed by atoms with Crippen molar-refractivity contribution in [1.82, 2.24) is 0 Å². The number of ether oxygens (including phenoxy) is 2. The lowest BCUT2D eigenvalue weighted by Gasteiger charge is -2.40. The Morgan fingerprint density at radius 3 is 2.06 bits per heavy atom. The van der Waals surface area contributed by atoms with E-state index in [1.165, 1.54) is 0 Å². The second-order valence-corrected chi connectivity index (χ2v) is 4.97. The van der Waals surface area contributed by atoms with Crippen molar-refractivity contribution in [2.45, 2.75) is 57.1 Å². The van der Waals surface area contributed by atoms with Gasteiger partial charge >= 0.3 is 5.97 Å². The molecule has 0 aromatic heterocycles. The average Bonchev–Trinajstić information content (AvgIpc) is 2.16. The quantitative estimate of drug-likeness (QED) is 0.481. The molecular weight excluding hydrogens is 232 g/mol. The van der Waals surface area contributed by atoms with Gasteiger partial charge < -0.3 is 29.9 Å². The van der Waals surface area contributed by atoms with Crippen molar-refractivity contribution in [2.24, 2.45) is 0 Å². The first kappa shape index (κ1) is 14.3. The van der Waals surface area contributed by atoms with Gasteiger partial charge in [0.1, 0.15) is 18.3 Å². The average molecular weight is 250 g/mol. The summed E-state index contributed by atoms with van der Waals surface area (Å²) < 4.78 is 10.2. The van der Waals surface area contributed by atoms with Crippen LogP contribution in [0.15, 0.2) is 0 Å². The molecule has 1 heterocycles. The number of carbonyl (C=O) groups is 1. The number of aliphatic carboxylic acids is 1. The lowest BCUT2D eigenvalue weighted by Crippen LogP contribution is -2.61. The monoisotopic (exact) mass is 250 g/mol. The van der Waals surface area contributed by atoms with E-state index in [9.17, 15) is 20.1 Å². The maximum atomic E-state index is 10.8. The summed E-state index contributed by atoms with van der Waals surface area (Å²) in [4.78, 5) is 10.8. The predicted molar refractivity (Wildman–Crippen MR) is 55.2 cm³/mol. The van der Waals surface area contributed by atoms with Crippen LogP contribution in [0.5, 0.6) is 0 Å². The highest BCUT2D eigenvalue weighted by atomic mass is 16.7. The van der Waals surface area contributed by atoms with E-state index in [1.807, 2.05) is 0 Å². The van der Waals surface area contributed by atoms with E-state index in [1.54, 1.807) is 20.8 Å². The van der Waals surface area contributed by atoms with Crippen LogP contribution in [0.1, 0.15) is 20.8 Å². The molecule has 0 bridgehead atoms. The molecule has 0 amide bonds. The second kappa shape index (κ2) is 4.87. The van der Waals surface area contributed by atoms with Crippen LogP contribution in [0.4, 0.5) is 0 Å². The molecule has 1 aliphatic heterocycles. The molecule has 100 valence electrons. The lowest BCUT2D eigenvalue weighted by atomic mass is 9.98. The Labute approximate surface area is 98.6 Å². The standard InChI is InChI=1S/C10H18O7/c1-10(2,3)17-9-6(13)4(11)5(12)7(16-9)8(14)15/h4-7,9,11-13H,1-3H3,(H,14,15)/t4?,5-,6?,7?,9-/m0/s1. The highest BCUT2D eigenvalue weighted by Crippen LogP contribution is 2.25. The molecule has 0 aromatic rings. The Kier molecular flexibility index (Phi) is 4.11. The van der Waals surface area contributed by atoms with Gasteiger partial charge in [0.25, 0.3) is 0 Å². The summed E-state index contributed by atoms with van der Waals surface area (Å²) in [6, 6.07) is 0. The van der Waals surface area contributed by atoms with Gasteiger partial charge in [-0.15, -0.1) is 0 Å². The predicted octanol–water partition coefficient (Wildman–Crippen LogP) is -1.31. The molecule has 3 unspecified atom stereocenters. The summed E-state index contributed by atoms with van der Waals surface area (Å²) in [7, 11) is 0. The minimum absolute atomic E-state index is 0.684. The zero-order valence-electron chi connectivity index (χ0n) is 9.90. The summed E-state index contributed by atoms with van der Waals surface area (Å²) in [5.74, 6) is -1.43. The molecule has 7 nitrogen and oxygen atoms in total. The van der Waals surface area contributed by atoms with Gasteiger partial charge in [0.2, 0.25) is 0 Å². The van der Waals surface area contributed by atoms with Crippen LogP contribution in [-0.2, 0) is 14.3 Å². The fraction of sp³-hybridized carbons (Fsp3) is 0.900. The number of hydrogen-bond acceptors (Lipinski definition) is 6. The van der Waals surface area contributed by atoms with Crippen molar-refractivity contribution in [1.29, 1.82) is 0 Å². The van der Waals surface area contributed by atoms with Crippen LogP contribution in [0.3, 0.4) is 0 Å². The molecule has 1 rings (SSSR count). The Morgan fingerprint density at radius 1 is 1.12 bits per heavy atom. The van der Waals surface area contributed by atoms with Crippen molar-refractivity contribution in [3.8, 4) is 0 Å². The van der Waals surface area contributed by atoms with Crippen LogP contribution in [-0.4, -0.2) is 62.7 Å². The SMILES string of the molecule is CC(C)(C)O[C@@H]1OC(C(=O)O)[C@@H](O)C(O)C1O. The normalized spacial score (nSPS) is 39.1. The minimum Gasteiger partial charge on any atom is -0.479 e. The van der Waals surface area contributed by atoms with E-state index in [0.717, 1.165) is 0 Å². The number of carboxylic acids is 1.